The molecule has 0 spiro atoms. The van der Waals surface area contributed by atoms with Gasteiger partial charge in [0.1, 0.15) is 0 Å². The number of fused-ring (bicyclic) bond motifs is 1. The molecule has 0 aliphatic rings. The van der Waals surface area contributed by atoms with Gasteiger partial charge < -0.3 is 9.73 Å². The Balaban J connectivity index is 1.59. The van der Waals surface area contributed by atoms with Crippen LogP contribution in [0.15, 0.2) is 47.1 Å². The molecule has 0 radical (unpaired) electrons. The molecule has 1 amide bonds. The van der Waals surface area contributed by atoms with Crippen molar-refractivity contribution in [1.82, 2.24) is 10.3 Å². The predicted molar refractivity (Wildman–Crippen MR) is 74.4 cm³/mol. The highest BCUT2D eigenvalue weighted by atomic mass is 32.1. The molecule has 1 N–H and O–H groups in total. The Bertz CT molecular complexity index is 655. The molecule has 0 saturated heterocycles. The summed E-state index contributed by atoms with van der Waals surface area (Å²) in [5.41, 5.74) is 1.01. The Kier molecular flexibility index (Phi) is 3.29. The summed E-state index contributed by atoms with van der Waals surface area (Å²) < 4.78 is 6.20. The van der Waals surface area contributed by atoms with Gasteiger partial charge in [-0.3, -0.25) is 4.79 Å². The van der Waals surface area contributed by atoms with Gasteiger partial charge in [-0.1, -0.05) is 12.1 Å². The Morgan fingerprint density at radius 3 is 2.95 bits per heavy atom. The van der Waals surface area contributed by atoms with Crippen molar-refractivity contribution in [2.24, 2.45) is 0 Å². The Morgan fingerprint density at radius 1 is 1.26 bits per heavy atom. The summed E-state index contributed by atoms with van der Waals surface area (Å²) in [5, 5.41) is 3.84. The summed E-state index contributed by atoms with van der Waals surface area (Å²) in [6.45, 7) is 0.555. The third-order valence-corrected chi connectivity index (χ3v) is 3.80. The van der Waals surface area contributed by atoms with E-state index in [0.717, 1.165) is 16.9 Å². The lowest BCUT2D eigenvalue weighted by Gasteiger charge is -2.00. The van der Waals surface area contributed by atoms with E-state index in [1.807, 2.05) is 18.2 Å². The minimum atomic E-state index is -0.189. The zero-order valence-electron chi connectivity index (χ0n) is 10.1. The average molecular weight is 272 g/mol. The predicted octanol–water partition coefficient (Wildman–Crippen LogP) is 2.86. The quantitative estimate of drug-likeness (QED) is 0.794. The van der Waals surface area contributed by atoms with Gasteiger partial charge in [0.2, 0.25) is 0 Å². The maximum Gasteiger partial charge on any atom is 0.286 e. The standard InChI is InChI=1S/C14H12N2O2S/c17-14(11-5-3-9-18-11)15-8-7-13-16-10-4-1-2-6-12(10)19-13/h1-6,9H,7-8H2,(H,15,17). The second-order valence-corrected chi connectivity index (χ2v) is 5.17. The average Bonchev–Trinajstić information content (AvgIpc) is 3.07. The molecule has 0 bridgehead atoms. The van der Waals surface area contributed by atoms with Crippen LogP contribution in [-0.2, 0) is 6.42 Å². The van der Waals surface area contributed by atoms with E-state index in [1.54, 1.807) is 23.5 Å². The molecule has 5 heteroatoms. The molecule has 19 heavy (non-hydrogen) atoms. The molecule has 96 valence electrons. The third-order valence-electron chi connectivity index (χ3n) is 2.71. The molecular weight excluding hydrogens is 260 g/mol. The van der Waals surface area contributed by atoms with Gasteiger partial charge in [-0.05, 0) is 24.3 Å². The summed E-state index contributed by atoms with van der Waals surface area (Å²) in [4.78, 5) is 16.2. The molecule has 2 aromatic heterocycles. The lowest BCUT2D eigenvalue weighted by Crippen LogP contribution is -2.25. The number of amides is 1. The molecule has 0 aliphatic carbocycles. The number of hydrogen-bond acceptors (Lipinski definition) is 4. The second kappa shape index (κ2) is 5.24. The van der Waals surface area contributed by atoms with E-state index in [2.05, 4.69) is 16.4 Å². The zero-order chi connectivity index (χ0) is 13.1. The number of aromatic nitrogens is 1. The van der Waals surface area contributed by atoms with Crippen molar-refractivity contribution in [3.05, 3.63) is 53.4 Å². The number of nitrogens with zero attached hydrogens (tertiary/aromatic N) is 1. The molecule has 0 unspecified atom stereocenters. The van der Waals surface area contributed by atoms with Crippen molar-refractivity contribution in [3.63, 3.8) is 0 Å². The fourth-order valence-electron chi connectivity index (χ4n) is 1.80. The van der Waals surface area contributed by atoms with Gasteiger partial charge in [0, 0.05) is 13.0 Å². The molecule has 0 atom stereocenters. The number of carbonyl (C=O) groups excluding carboxylic acids is 1. The van der Waals surface area contributed by atoms with E-state index in [4.69, 9.17) is 4.42 Å². The van der Waals surface area contributed by atoms with Crippen LogP contribution >= 0.6 is 11.3 Å². The Labute approximate surface area is 114 Å². The fourth-order valence-corrected chi connectivity index (χ4v) is 2.77. The first-order valence-electron chi connectivity index (χ1n) is 5.99. The van der Waals surface area contributed by atoms with Crippen LogP contribution in [0.25, 0.3) is 10.2 Å². The fraction of sp³-hybridized carbons (Fsp3) is 0.143. The monoisotopic (exact) mass is 272 g/mol. The largest absolute Gasteiger partial charge is 0.459 e. The van der Waals surface area contributed by atoms with Gasteiger partial charge in [0.05, 0.1) is 21.5 Å². The summed E-state index contributed by atoms with van der Waals surface area (Å²) in [6, 6.07) is 11.4. The maximum atomic E-state index is 11.6. The SMILES string of the molecule is O=C(NCCc1nc2ccccc2s1)c1ccco1. The van der Waals surface area contributed by atoms with E-state index in [1.165, 1.54) is 11.0 Å². The Hall–Kier alpha value is -2.14. The van der Waals surface area contributed by atoms with E-state index in [0.29, 0.717) is 12.3 Å². The Morgan fingerprint density at radius 2 is 2.16 bits per heavy atom. The first kappa shape index (κ1) is 11.9. The van der Waals surface area contributed by atoms with Crippen molar-refractivity contribution in [2.45, 2.75) is 6.42 Å². The van der Waals surface area contributed by atoms with E-state index >= 15 is 0 Å². The summed E-state index contributed by atoms with van der Waals surface area (Å²) in [5.74, 6) is 0.149. The summed E-state index contributed by atoms with van der Waals surface area (Å²) in [7, 11) is 0. The van der Waals surface area contributed by atoms with E-state index in [9.17, 15) is 4.79 Å². The van der Waals surface area contributed by atoms with Crippen LogP contribution in [0.2, 0.25) is 0 Å². The van der Waals surface area contributed by atoms with Crippen molar-refractivity contribution in [1.29, 1.82) is 0 Å². The van der Waals surface area contributed by atoms with Gasteiger partial charge in [-0.2, -0.15) is 0 Å². The molecule has 0 fully saturated rings. The topological polar surface area (TPSA) is 55.1 Å². The smallest absolute Gasteiger partial charge is 0.286 e. The van der Waals surface area contributed by atoms with Crippen LogP contribution in [0.5, 0.6) is 0 Å². The molecule has 3 aromatic rings. The summed E-state index contributed by atoms with van der Waals surface area (Å²) >= 11 is 1.66. The number of rotatable bonds is 4. The third kappa shape index (κ3) is 2.66. The molecular formula is C14H12N2O2S. The van der Waals surface area contributed by atoms with Gasteiger partial charge in [-0.25, -0.2) is 4.98 Å². The van der Waals surface area contributed by atoms with Gasteiger partial charge in [0.15, 0.2) is 5.76 Å². The lowest BCUT2D eigenvalue weighted by molar-refractivity contribution is 0.0926. The van der Waals surface area contributed by atoms with E-state index < -0.39 is 0 Å². The van der Waals surface area contributed by atoms with E-state index in [-0.39, 0.29) is 5.91 Å². The first-order chi connectivity index (χ1) is 9.33. The number of nitrogens with one attached hydrogen (secondary N) is 1. The number of benzene rings is 1. The zero-order valence-corrected chi connectivity index (χ0v) is 10.9. The molecule has 0 saturated carbocycles. The normalized spacial score (nSPS) is 10.7. The number of carbonyl (C=O) groups is 1. The number of para-hydroxylation sites is 1. The van der Waals surface area contributed by atoms with Crippen LogP contribution in [-0.4, -0.2) is 17.4 Å². The van der Waals surface area contributed by atoms with Crippen molar-refractivity contribution in [3.8, 4) is 0 Å². The highest BCUT2D eigenvalue weighted by Gasteiger charge is 2.08. The van der Waals surface area contributed by atoms with Crippen molar-refractivity contribution < 1.29 is 9.21 Å². The second-order valence-electron chi connectivity index (χ2n) is 4.06. The minimum Gasteiger partial charge on any atom is -0.459 e. The van der Waals surface area contributed by atoms with Crippen LogP contribution in [0.3, 0.4) is 0 Å². The van der Waals surface area contributed by atoms with Gasteiger partial charge in [-0.15, -0.1) is 11.3 Å². The minimum absolute atomic E-state index is 0.189. The van der Waals surface area contributed by atoms with Gasteiger partial charge in [0.25, 0.3) is 5.91 Å². The van der Waals surface area contributed by atoms with Crippen molar-refractivity contribution >= 4 is 27.5 Å². The molecule has 1 aromatic carbocycles. The highest BCUT2D eigenvalue weighted by molar-refractivity contribution is 7.18. The maximum absolute atomic E-state index is 11.6. The molecule has 4 nitrogen and oxygen atoms in total. The number of hydrogen-bond donors (Lipinski definition) is 1. The molecule has 3 rings (SSSR count). The first-order valence-corrected chi connectivity index (χ1v) is 6.81. The highest BCUT2D eigenvalue weighted by Crippen LogP contribution is 2.21. The molecule has 0 aliphatic heterocycles. The van der Waals surface area contributed by atoms with Crippen molar-refractivity contribution in [2.75, 3.05) is 6.54 Å². The van der Waals surface area contributed by atoms with Crippen LogP contribution in [0, 0.1) is 0 Å². The number of thiazole rings is 1. The van der Waals surface area contributed by atoms with Crippen LogP contribution in [0.1, 0.15) is 15.6 Å². The van der Waals surface area contributed by atoms with Gasteiger partial charge >= 0.3 is 0 Å². The lowest BCUT2D eigenvalue weighted by atomic mass is 10.3. The molecule has 2 heterocycles. The van der Waals surface area contributed by atoms with Crippen LogP contribution in [0.4, 0.5) is 0 Å². The number of furan rings is 1. The van der Waals surface area contributed by atoms with Crippen LogP contribution < -0.4 is 5.32 Å². The summed E-state index contributed by atoms with van der Waals surface area (Å²) in [6.07, 6.45) is 2.22.